The van der Waals surface area contributed by atoms with E-state index in [9.17, 15) is 0 Å². The van der Waals surface area contributed by atoms with Gasteiger partial charge >= 0.3 is 0 Å². The predicted molar refractivity (Wildman–Crippen MR) is 76.8 cm³/mol. The molecule has 1 aromatic carbocycles. The van der Waals surface area contributed by atoms with E-state index in [0.29, 0.717) is 23.9 Å². The molecule has 0 spiro atoms. The van der Waals surface area contributed by atoms with Crippen LogP contribution in [0.2, 0.25) is 5.02 Å². The van der Waals surface area contributed by atoms with E-state index >= 15 is 0 Å². The van der Waals surface area contributed by atoms with Gasteiger partial charge in [-0.15, -0.1) is 0 Å². The van der Waals surface area contributed by atoms with Crippen LogP contribution in [0, 0.1) is 22.7 Å². The van der Waals surface area contributed by atoms with Crippen LogP contribution in [0.4, 0.5) is 11.4 Å². The number of hydrogen-bond acceptors (Lipinski definition) is 6. The number of nitriles is 2. The van der Waals surface area contributed by atoms with Crippen LogP contribution in [-0.4, -0.2) is 32.0 Å². The van der Waals surface area contributed by atoms with Crippen LogP contribution in [0.1, 0.15) is 0 Å². The molecular formula is C13H12ClN5O. The number of morpholine rings is 1. The standard InChI is InChI=1S/C13H12ClN5O/c14-10-1-2-13(19-3-5-20-6-4-19)12(7-10)18-17-11(8-15)9-16/h1-2,7,18H,3-6H2. The van der Waals surface area contributed by atoms with E-state index in [1.165, 1.54) is 0 Å². The molecule has 6 nitrogen and oxygen atoms in total. The summed E-state index contributed by atoms with van der Waals surface area (Å²) in [5.41, 5.74) is 4.06. The van der Waals surface area contributed by atoms with E-state index in [1.807, 2.05) is 6.07 Å². The Hall–Kier alpha value is -2.28. The quantitative estimate of drug-likeness (QED) is 0.679. The van der Waals surface area contributed by atoms with Gasteiger partial charge in [0.2, 0.25) is 5.71 Å². The van der Waals surface area contributed by atoms with Crippen molar-refractivity contribution in [3.63, 3.8) is 0 Å². The molecule has 1 aliphatic rings. The highest BCUT2D eigenvalue weighted by Gasteiger charge is 2.15. The van der Waals surface area contributed by atoms with Gasteiger partial charge in [0.05, 0.1) is 24.6 Å². The highest BCUT2D eigenvalue weighted by molar-refractivity contribution is 6.31. The van der Waals surface area contributed by atoms with Crippen molar-refractivity contribution in [3.8, 4) is 12.1 Å². The molecule has 1 aromatic rings. The third-order valence-corrected chi connectivity index (χ3v) is 3.05. The molecule has 7 heteroatoms. The Kier molecular flexibility index (Phi) is 4.78. The molecule has 2 rings (SSSR count). The smallest absolute Gasteiger partial charge is 0.237 e. The van der Waals surface area contributed by atoms with Gasteiger partial charge in [-0.2, -0.15) is 15.6 Å². The van der Waals surface area contributed by atoms with Crippen LogP contribution in [-0.2, 0) is 4.74 Å². The highest BCUT2D eigenvalue weighted by Crippen LogP contribution is 2.29. The minimum atomic E-state index is -0.238. The molecular weight excluding hydrogens is 278 g/mol. The van der Waals surface area contributed by atoms with E-state index in [1.54, 1.807) is 24.3 Å². The molecule has 0 amide bonds. The molecule has 1 aliphatic heterocycles. The van der Waals surface area contributed by atoms with Gasteiger partial charge in [0, 0.05) is 18.1 Å². The first-order valence-electron chi connectivity index (χ1n) is 6.00. The van der Waals surface area contributed by atoms with Crippen molar-refractivity contribution in [2.75, 3.05) is 36.6 Å². The van der Waals surface area contributed by atoms with Gasteiger partial charge in [0.1, 0.15) is 12.1 Å². The summed E-state index contributed by atoms with van der Waals surface area (Å²) in [5.74, 6) is 0. The average molecular weight is 290 g/mol. The van der Waals surface area contributed by atoms with Crippen molar-refractivity contribution in [2.45, 2.75) is 0 Å². The SMILES string of the molecule is N#CC(C#N)=NNc1cc(Cl)ccc1N1CCOCC1. The summed E-state index contributed by atoms with van der Waals surface area (Å²) in [6, 6.07) is 8.77. The fourth-order valence-corrected chi connectivity index (χ4v) is 2.04. The molecule has 0 bridgehead atoms. The second-order valence-corrected chi connectivity index (χ2v) is 4.49. The van der Waals surface area contributed by atoms with E-state index in [4.69, 9.17) is 26.9 Å². The lowest BCUT2D eigenvalue weighted by Gasteiger charge is -2.30. The third kappa shape index (κ3) is 3.39. The molecule has 0 aliphatic carbocycles. The van der Waals surface area contributed by atoms with Gasteiger partial charge in [-0.25, -0.2) is 0 Å². The van der Waals surface area contributed by atoms with E-state index < -0.39 is 0 Å². The third-order valence-electron chi connectivity index (χ3n) is 2.81. The van der Waals surface area contributed by atoms with E-state index in [2.05, 4.69) is 15.4 Å². The lowest BCUT2D eigenvalue weighted by atomic mass is 10.2. The molecule has 1 saturated heterocycles. The summed E-state index contributed by atoms with van der Waals surface area (Å²) in [7, 11) is 0. The number of benzene rings is 1. The number of ether oxygens (including phenoxy) is 1. The first-order chi connectivity index (χ1) is 9.74. The Bertz CT molecular complexity index is 580. The zero-order chi connectivity index (χ0) is 14.4. The number of nitrogens with one attached hydrogen (secondary N) is 1. The summed E-state index contributed by atoms with van der Waals surface area (Å²) in [6.07, 6.45) is 0. The number of hydrogen-bond donors (Lipinski definition) is 1. The second-order valence-electron chi connectivity index (χ2n) is 4.06. The fourth-order valence-electron chi connectivity index (χ4n) is 1.87. The zero-order valence-corrected chi connectivity index (χ0v) is 11.4. The van der Waals surface area contributed by atoms with Crippen LogP contribution in [0.5, 0.6) is 0 Å². The van der Waals surface area contributed by atoms with Gasteiger partial charge in [0.15, 0.2) is 0 Å². The fraction of sp³-hybridized carbons (Fsp3) is 0.308. The maximum Gasteiger partial charge on any atom is 0.237 e. The van der Waals surface area contributed by atoms with Gasteiger partial charge in [-0.05, 0) is 18.2 Å². The Labute approximate surface area is 121 Å². The summed E-state index contributed by atoms with van der Waals surface area (Å²) >= 11 is 5.98. The largest absolute Gasteiger partial charge is 0.378 e. The summed E-state index contributed by atoms with van der Waals surface area (Å²) in [5, 5.41) is 21.7. The van der Waals surface area contributed by atoms with Crippen LogP contribution in [0.3, 0.4) is 0 Å². The van der Waals surface area contributed by atoms with Crippen LogP contribution in [0.15, 0.2) is 23.3 Å². The summed E-state index contributed by atoms with van der Waals surface area (Å²) < 4.78 is 5.32. The van der Waals surface area contributed by atoms with Crippen molar-refractivity contribution < 1.29 is 4.74 Å². The maximum absolute atomic E-state index is 8.68. The van der Waals surface area contributed by atoms with Crippen molar-refractivity contribution in [1.29, 1.82) is 10.5 Å². The number of halogens is 1. The van der Waals surface area contributed by atoms with Crippen molar-refractivity contribution in [2.24, 2.45) is 5.10 Å². The molecule has 0 radical (unpaired) electrons. The van der Waals surface area contributed by atoms with Crippen molar-refractivity contribution >= 4 is 28.7 Å². The van der Waals surface area contributed by atoms with Gasteiger partial charge < -0.3 is 9.64 Å². The first-order valence-corrected chi connectivity index (χ1v) is 6.38. The van der Waals surface area contributed by atoms with Crippen LogP contribution >= 0.6 is 11.6 Å². The molecule has 1 N–H and O–H groups in total. The summed E-state index contributed by atoms with van der Waals surface area (Å²) in [6.45, 7) is 2.85. The van der Waals surface area contributed by atoms with E-state index in [0.717, 1.165) is 18.8 Å². The molecule has 0 saturated carbocycles. The zero-order valence-electron chi connectivity index (χ0n) is 10.6. The van der Waals surface area contributed by atoms with E-state index in [-0.39, 0.29) is 5.71 Å². The molecule has 1 fully saturated rings. The molecule has 0 aromatic heterocycles. The molecule has 102 valence electrons. The molecule has 1 heterocycles. The average Bonchev–Trinajstić information content (AvgIpc) is 2.49. The minimum Gasteiger partial charge on any atom is -0.378 e. The Balaban J connectivity index is 2.26. The van der Waals surface area contributed by atoms with Crippen molar-refractivity contribution in [3.05, 3.63) is 23.2 Å². The van der Waals surface area contributed by atoms with Crippen LogP contribution < -0.4 is 10.3 Å². The predicted octanol–water partition coefficient (Wildman–Crippen LogP) is 1.99. The number of anilines is 2. The molecule has 0 atom stereocenters. The lowest BCUT2D eigenvalue weighted by Crippen LogP contribution is -2.36. The first kappa shape index (κ1) is 14.1. The number of hydrazone groups is 1. The van der Waals surface area contributed by atoms with Gasteiger partial charge in [-0.1, -0.05) is 11.6 Å². The lowest BCUT2D eigenvalue weighted by molar-refractivity contribution is 0.123. The van der Waals surface area contributed by atoms with Crippen molar-refractivity contribution in [1.82, 2.24) is 0 Å². The highest BCUT2D eigenvalue weighted by atomic mass is 35.5. The van der Waals surface area contributed by atoms with Gasteiger partial charge in [-0.3, -0.25) is 5.43 Å². The topological polar surface area (TPSA) is 84.4 Å². The molecule has 20 heavy (non-hydrogen) atoms. The second kappa shape index (κ2) is 6.76. The number of rotatable bonds is 3. The Morgan fingerprint density at radius 2 is 2.00 bits per heavy atom. The summed E-state index contributed by atoms with van der Waals surface area (Å²) in [4.78, 5) is 2.14. The van der Waals surface area contributed by atoms with Crippen LogP contribution in [0.25, 0.3) is 0 Å². The Morgan fingerprint density at radius 1 is 1.30 bits per heavy atom. The molecule has 0 unspecified atom stereocenters. The normalized spacial score (nSPS) is 14.1. The van der Waals surface area contributed by atoms with Gasteiger partial charge in [0.25, 0.3) is 0 Å². The maximum atomic E-state index is 8.68. The Morgan fingerprint density at radius 3 is 2.65 bits per heavy atom. The number of nitrogens with zero attached hydrogens (tertiary/aromatic N) is 4. The minimum absolute atomic E-state index is 0.238. The monoisotopic (exact) mass is 289 g/mol.